The Morgan fingerprint density at radius 3 is 2.15 bits per heavy atom. The number of rotatable bonds is 6. The maximum absolute atomic E-state index is 12.7. The van der Waals surface area contributed by atoms with E-state index in [1.54, 1.807) is 61.7 Å². The molecule has 0 spiro atoms. The van der Waals surface area contributed by atoms with Crippen LogP contribution in [0.3, 0.4) is 0 Å². The fraction of sp³-hybridized carbons (Fsp3) is 0.0769. The molecule has 4 aromatic rings. The number of benzene rings is 3. The maximum Gasteiger partial charge on any atom is 0.261 e. The molecule has 170 valence electrons. The Morgan fingerprint density at radius 2 is 1.56 bits per heavy atom. The SMILES string of the molecule is COc1ccc(-c2cc(-c3ccc(NS(=O)(=O)c4ccc(C)cc4)cc3)nc(N)c2C#N)cc1. The van der Waals surface area contributed by atoms with Gasteiger partial charge in [-0.3, -0.25) is 4.72 Å². The van der Waals surface area contributed by atoms with Crippen molar-refractivity contribution in [3.8, 4) is 34.2 Å². The monoisotopic (exact) mass is 470 g/mol. The number of methoxy groups -OCH3 is 1. The molecule has 1 aromatic heterocycles. The van der Waals surface area contributed by atoms with Crippen molar-refractivity contribution >= 4 is 21.5 Å². The summed E-state index contributed by atoms with van der Waals surface area (Å²) >= 11 is 0. The second-order valence-electron chi connectivity index (χ2n) is 7.65. The zero-order valence-electron chi connectivity index (χ0n) is 18.6. The van der Waals surface area contributed by atoms with Gasteiger partial charge in [-0.2, -0.15) is 5.26 Å². The minimum absolute atomic E-state index is 0.120. The van der Waals surface area contributed by atoms with Crippen LogP contribution in [-0.2, 0) is 10.0 Å². The van der Waals surface area contributed by atoms with Crippen molar-refractivity contribution in [2.24, 2.45) is 0 Å². The fourth-order valence-electron chi connectivity index (χ4n) is 3.47. The lowest BCUT2D eigenvalue weighted by Crippen LogP contribution is -2.12. The molecule has 3 N–H and O–H groups in total. The Bertz CT molecular complexity index is 1470. The molecule has 4 rings (SSSR count). The van der Waals surface area contributed by atoms with Gasteiger partial charge in [0.15, 0.2) is 0 Å². The van der Waals surface area contributed by atoms with Gasteiger partial charge in [0.05, 0.1) is 17.7 Å². The predicted molar refractivity (Wildman–Crippen MR) is 133 cm³/mol. The van der Waals surface area contributed by atoms with Gasteiger partial charge in [0.25, 0.3) is 10.0 Å². The number of nitrogen functional groups attached to an aromatic ring is 1. The first kappa shape index (κ1) is 22.8. The number of nitrogens with one attached hydrogen (secondary N) is 1. The van der Waals surface area contributed by atoms with E-state index in [2.05, 4.69) is 15.8 Å². The van der Waals surface area contributed by atoms with Crippen molar-refractivity contribution in [3.05, 3.63) is 90.0 Å². The van der Waals surface area contributed by atoms with Crippen LogP contribution < -0.4 is 15.2 Å². The summed E-state index contributed by atoms with van der Waals surface area (Å²) in [5.74, 6) is 0.822. The van der Waals surface area contributed by atoms with Crippen LogP contribution in [0.25, 0.3) is 22.4 Å². The molecule has 0 fully saturated rings. The van der Waals surface area contributed by atoms with Gasteiger partial charge in [-0.05, 0) is 55.0 Å². The summed E-state index contributed by atoms with van der Waals surface area (Å²) in [6, 6.07) is 24.7. The summed E-state index contributed by atoms with van der Waals surface area (Å²) in [6.07, 6.45) is 0. The van der Waals surface area contributed by atoms with E-state index in [1.807, 2.05) is 31.2 Å². The summed E-state index contributed by atoms with van der Waals surface area (Å²) in [7, 11) is -2.12. The van der Waals surface area contributed by atoms with Crippen molar-refractivity contribution in [2.45, 2.75) is 11.8 Å². The quantitative estimate of drug-likeness (QED) is 0.410. The first-order valence-electron chi connectivity index (χ1n) is 10.4. The van der Waals surface area contributed by atoms with Crippen LogP contribution in [0.5, 0.6) is 5.75 Å². The third-order valence-corrected chi connectivity index (χ3v) is 6.72. The van der Waals surface area contributed by atoms with Crippen LogP contribution in [0.4, 0.5) is 11.5 Å². The molecule has 7 nitrogen and oxygen atoms in total. The summed E-state index contributed by atoms with van der Waals surface area (Å²) in [6.45, 7) is 1.90. The summed E-state index contributed by atoms with van der Waals surface area (Å²) in [5, 5.41) is 9.62. The first-order chi connectivity index (χ1) is 16.3. The van der Waals surface area contributed by atoms with E-state index in [0.717, 1.165) is 16.7 Å². The molecule has 0 unspecified atom stereocenters. The minimum atomic E-state index is -3.70. The number of nitrogens with two attached hydrogens (primary N) is 1. The lowest BCUT2D eigenvalue weighted by atomic mass is 9.98. The van der Waals surface area contributed by atoms with Gasteiger partial charge in [0, 0.05) is 16.8 Å². The molecule has 0 aliphatic carbocycles. The normalized spacial score (nSPS) is 11.0. The Morgan fingerprint density at radius 1 is 0.941 bits per heavy atom. The predicted octanol–water partition coefficient (Wildman–Crippen LogP) is 4.99. The number of hydrogen-bond donors (Lipinski definition) is 2. The first-order valence-corrected chi connectivity index (χ1v) is 11.8. The van der Waals surface area contributed by atoms with Crippen molar-refractivity contribution in [1.82, 2.24) is 4.98 Å². The topological polar surface area (TPSA) is 118 Å². The Balaban J connectivity index is 1.65. The lowest BCUT2D eigenvalue weighted by molar-refractivity contribution is 0.415. The number of aryl methyl sites for hydroxylation is 1. The molecule has 0 bridgehead atoms. The van der Waals surface area contributed by atoms with Crippen LogP contribution >= 0.6 is 0 Å². The van der Waals surface area contributed by atoms with Crippen LogP contribution in [0.15, 0.2) is 83.8 Å². The number of sulfonamides is 1. The van der Waals surface area contributed by atoms with Crippen LogP contribution in [0, 0.1) is 18.3 Å². The number of nitrogens with zero attached hydrogens (tertiary/aromatic N) is 2. The summed E-state index contributed by atoms with van der Waals surface area (Å²) in [5.41, 5.74) is 10.5. The summed E-state index contributed by atoms with van der Waals surface area (Å²) in [4.78, 5) is 4.57. The minimum Gasteiger partial charge on any atom is -0.497 e. The summed E-state index contributed by atoms with van der Waals surface area (Å²) < 4.78 is 33.1. The van der Waals surface area contributed by atoms with Gasteiger partial charge in [-0.15, -0.1) is 0 Å². The molecule has 1 heterocycles. The van der Waals surface area contributed by atoms with Crippen LogP contribution in [0.2, 0.25) is 0 Å². The van der Waals surface area contributed by atoms with Gasteiger partial charge in [0.2, 0.25) is 0 Å². The second kappa shape index (κ2) is 9.25. The zero-order valence-corrected chi connectivity index (χ0v) is 19.4. The standard InChI is InChI=1S/C26H22N4O3S/c1-17-3-13-22(14-4-17)34(31,32)30-20-9-5-19(6-10-20)25-15-23(24(16-27)26(28)29-25)18-7-11-21(33-2)12-8-18/h3-15,30H,1-2H3,(H2,28,29). The average molecular weight is 471 g/mol. The number of anilines is 2. The third-order valence-electron chi connectivity index (χ3n) is 5.32. The van der Waals surface area contributed by atoms with Gasteiger partial charge >= 0.3 is 0 Å². The molecule has 8 heteroatoms. The highest BCUT2D eigenvalue weighted by molar-refractivity contribution is 7.92. The molecular weight excluding hydrogens is 448 g/mol. The van der Waals surface area contributed by atoms with E-state index in [9.17, 15) is 13.7 Å². The second-order valence-corrected chi connectivity index (χ2v) is 9.33. The molecule has 0 amide bonds. The van der Waals surface area contributed by atoms with Gasteiger partial charge in [0.1, 0.15) is 23.2 Å². The molecule has 0 atom stereocenters. The highest BCUT2D eigenvalue weighted by Gasteiger charge is 2.16. The molecule has 3 aromatic carbocycles. The largest absolute Gasteiger partial charge is 0.497 e. The van der Waals surface area contributed by atoms with E-state index in [4.69, 9.17) is 10.5 Å². The van der Waals surface area contributed by atoms with Gasteiger partial charge in [-0.1, -0.05) is 42.0 Å². The van der Waals surface area contributed by atoms with Crippen molar-refractivity contribution < 1.29 is 13.2 Å². The number of pyridine rings is 1. The van der Waals surface area contributed by atoms with Crippen molar-refractivity contribution in [1.29, 1.82) is 5.26 Å². The Labute approximate surface area is 198 Å². The van der Waals surface area contributed by atoms with E-state index >= 15 is 0 Å². The average Bonchev–Trinajstić information content (AvgIpc) is 2.84. The molecule has 0 saturated carbocycles. The molecule has 0 aliphatic rings. The number of hydrogen-bond acceptors (Lipinski definition) is 6. The number of aromatic nitrogens is 1. The fourth-order valence-corrected chi connectivity index (χ4v) is 4.53. The van der Waals surface area contributed by atoms with Gasteiger partial charge < -0.3 is 10.5 Å². The van der Waals surface area contributed by atoms with Crippen molar-refractivity contribution in [2.75, 3.05) is 17.6 Å². The third kappa shape index (κ3) is 4.70. The van der Waals surface area contributed by atoms with Crippen LogP contribution in [0.1, 0.15) is 11.1 Å². The Kier molecular flexibility index (Phi) is 6.21. The van der Waals surface area contributed by atoms with Crippen molar-refractivity contribution in [3.63, 3.8) is 0 Å². The lowest BCUT2D eigenvalue weighted by Gasteiger charge is -2.12. The Hall–Kier alpha value is -4.35. The molecule has 0 aliphatic heterocycles. The molecular formula is C26H22N4O3S. The molecule has 0 saturated heterocycles. The van der Waals surface area contributed by atoms with E-state index in [0.29, 0.717) is 22.7 Å². The molecule has 34 heavy (non-hydrogen) atoms. The van der Waals surface area contributed by atoms with E-state index in [1.165, 1.54) is 0 Å². The number of nitriles is 1. The molecule has 0 radical (unpaired) electrons. The van der Waals surface area contributed by atoms with Gasteiger partial charge in [-0.25, -0.2) is 13.4 Å². The van der Waals surface area contributed by atoms with E-state index < -0.39 is 10.0 Å². The van der Waals surface area contributed by atoms with Crippen LogP contribution in [-0.4, -0.2) is 20.5 Å². The highest BCUT2D eigenvalue weighted by Crippen LogP contribution is 2.32. The zero-order chi connectivity index (χ0) is 24.3. The smallest absolute Gasteiger partial charge is 0.261 e. The number of ether oxygens (including phenoxy) is 1. The highest BCUT2D eigenvalue weighted by atomic mass is 32.2. The maximum atomic E-state index is 12.7. The van der Waals surface area contributed by atoms with E-state index in [-0.39, 0.29) is 16.3 Å².